The first-order valence-electron chi connectivity index (χ1n) is 9.48. The summed E-state index contributed by atoms with van der Waals surface area (Å²) in [6.07, 6.45) is -1.50. The summed E-state index contributed by atoms with van der Waals surface area (Å²) in [6.45, 7) is -0.257. The van der Waals surface area contributed by atoms with Crippen molar-refractivity contribution in [1.82, 2.24) is 5.32 Å². The summed E-state index contributed by atoms with van der Waals surface area (Å²) in [6, 6.07) is 11.3. The van der Waals surface area contributed by atoms with Crippen molar-refractivity contribution in [3.05, 3.63) is 77.2 Å². The molecule has 31 heavy (non-hydrogen) atoms. The molecule has 0 aliphatic carbocycles. The number of halogens is 3. The lowest BCUT2D eigenvalue weighted by atomic mass is 10.1. The highest BCUT2D eigenvalue weighted by Gasteiger charge is 2.37. The van der Waals surface area contributed by atoms with Crippen molar-refractivity contribution in [2.45, 2.75) is 29.7 Å². The standard InChI is InChI=1S/C21H23F3N2O4S/c22-14-6-13(7-15(23)19(14)24)16(25)8-26-9-17-21(30-18(10-27)20(28)29-17)31-11-12-4-2-1-3-5-12/h1-8,17-18,20-21,26-28H,9-11,25H2/b16-8-/t17-,18?,20?,21?/m0/s1. The van der Waals surface area contributed by atoms with Crippen molar-refractivity contribution in [3.8, 4) is 0 Å². The van der Waals surface area contributed by atoms with E-state index in [1.807, 2.05) is 30.3 Å². The van der Waals surface area contributed by atoms with Crippen molar-refractivity contribution >= 4 is 17.5 Å². The molecule has 1 aliphatic rings. The molecule has 0 bridgehead atoms. The Hall–Kier alpha value is -2.24. The molecule has 1 aliphatic heterocycles. The highest BCUT2D eigenvalue weighted by Crippen LogP contribution is 2.29. The number of benzene rings is 2. The zero-order chi connectivity index (χ0) is 22.4. The normalized spacial score (nSPS) is 24.2. The zero-order valence-corrected chi connectivity index (χ0v) is 17.2. The lowest BCUT2D eigenvalue weighted by Gasteiger charge is -2.38. The van der Waals surface area contributed by atoms with Crippen LogP contribution >= 0.6 is 11.8 Å². The van der Waals surface area contributed by atoms with E-state index in [0.29, 0.717) is 5.75 Å². The lowest BCUT2D eigenvalue weighted by Crippen LogP contribution is -2.52. The van der Waals surface area contributed by atoms with Crippen LogP contribution in [0, 0.1) is 17.5 Å². The molecule has 0 spiro atoms. The van der Waals surface area contributed by atoms with E-state index in [-0.39, 0.29) is 17.8 Å². The third kappa shape index (κ3) is 6.14. The van der Waals surface area contributed by atoms with Gasteiger partial charge in [0.25, 0.3) is 0 Å². The fourth-order valence-electron chi connectivity index (χ4n) is 2.93. The number of thioether (sulfide) groups is 1. The van der Waals surface area contributed by atoms with Gasteiger partial charge in [-0.2, -0.15) is 0 Å². The Morgan fingerprint density at radius 2 is 1.77 bits per heavy atom. The molecule has 1 fully saturated rings. The van der Waals surface area contributed by atoms with Crippen LogP contribution in [0.3, 0.4) is 0 Å². The topological polar surface area (TPSA) is 97.0 Å². The first-order chi connectivity index (χ1) is 14.9. The molecule has 2 aromatic rings. The van der Waals surface area contributed by atoms with Crippen molar-refractivity contribution in [2.24, 2.45) is 5.73 Å². The van der Waals surface area contributed by atoms with Gasteiger partial charge in [0.2, 0.25) is 0 Å². The maximum Gasteiger partial charge on any atom is 0.194 e. The van der Waals surface area contributed by atoms with E-state index in [1.54, 1.807) is 0 Å². The van der Waals surface area contributed by atoms with Gasteiger partial charge in [0.05, 0.1) is 12.3 Å². The van der Waals surface area contributed by atoms with E-state index >= 15 is 0 Å². The van der Waals surface area contributed by atoms with Gasteiger partial charge in [-0.1, -0.05) is 30.3 Å². The molecule has 4 atom stereocenters. The average Bonchev–Trinajstić information content (AvgIpc) is 2.77. The SMILES string of the molecule is N/C(=C\NC[C@@H]1OC(O)C(CO)OC1SCc1ccccc1)c1cc(F)c(F)c(F)c1. The van der Waals surface area contributed by atoms with Gasteiger partial charge in [0, 0.05) is 24.1 Å². The minimum Gasteiger partial charge on any atom is -0.397 e. The van der Waals surface area contributed by atoms with Gasteiger partial charge in [0.15, 0.2) is 23.7 Å². The molecule has 2 aromatic carbocycles. The van der Waals surface area contributed by atoms with Crippen LogP contribution in [0.5, 0.6) is 0 Å². The van der Waals surface area contributed by atoms with Crippen LogP contribution in [0.4, 0.5) is 13.2 Å². The van der Waals surface area contributed by atoms with E-state index in [9.17, 15) is 23.4 Å². The maximum absolute atomic E-state index is 13.4. The van der Waals surface area contributed by atoms with Gasteiger partial charge in [-0.3, -0.25) is 0 Å². The number of aliphatic hydroxyl groups is 2. The summed E-state index contributed by atoms with van der Waals surface area (Å²) < 4.78 is 51.3. The second-order valence-corrected chi connectivity index (χ2v) is 7.94. The molecule has 0 saturated carbocycles. The second kappa shape index (κ2) is 10.9. The highest BCUT2D eigenvalue weighted by molar-refractivity contribution is 7.99. The second-order valence-electron chi connectivity index (χ2n) is 6.85. The van der Waals surface area contributed by atoms with Crippen LogP contribution in [0.15, 0.2) is 48.7 Å². The molecule has 0 amide bonds. The predicted octanol–water partition coefficient (Wildman–Crippen LogP) is 2.30. The van der Waals surface area contributed by atoms with Crippen molar-refractivity contribution in [3.63, 3.8) is 0 Å². The summed E-state index contributed by atoms with van der Waals surface area (Å²) in [7, 11) is 0. The number of ether oxygens (including phenoxy) is 2. The Morgan fingerprint density at radius 3 is 2.42 bits per heavy atom. The third-order valence-electron chi connectivity index (χ3n) is 4.58. The molecule has 0 aromatic heterocycles. The fraction of sp³-hybridized carbons (Fsp3) is 0.333. The van der Waals surface area contributed by atoms with Crippen LogP contribution in [0.1, 0.15) is 11.1 Å². The zero-order valence-electron chi connectivity index (χ0n) is 16.4. The minimum atomic E-state index is -1.57. The fourth-order valence-corrected chi connectivity index (χ4v) is 4.07. The minimum absolute atomic E-state index is 0.0169. The molecule has 6 nitrogen and oxygen atoms in total. The molecule has 0 radical (unpaired) electrons. The lowest BCUT2D eigenvalue weighted by molar-refractivity contribution is -0.270. The molecule has 5 N–H and O–H groups in total. The average molecular weight is 456 g/mol. The summed E-state index contributed by atoms with van der Waals surface area (Å²) in [5, 5.41) is 22.3. The maximum atomic E-state index is 13.4. The molecular formula is C21H23F3N2O4S. The predicted molar refractivity (Wildman–Crippen MR) is 111 cm³/mol. The Morgan fingerprint density at radius 1 is 1.10 bits per heavy atom. The number of hydrogen-bond acceptors (Lipinski definition) is 7. The van der Waals surface area contributed by atoms with Gasteiger partial charge in [0.1, 0.15) is 17.6 Å². The summed E-state index contributed by atoms with van der Waals surface area (Å²) >= 11 is 1.44. The van der Waals surface area contributed by atoms with Crippen LogP contribution < -0.4 is 11.1 Å². The van der Waals surface area contributed by atoms with Crippen molar-refractivity contribution in [1.29, 1.82) is 0 Å². The largest absolute Gasteiger partial charge is 0.397 e. The number of nitrogens with two attached hydrogens (primary N) is 1. The van der Waals surface area contributed by atoms with E-state index in [0.717, 1.165) is 17.7 Å². The number of rotatable bonds is 8. The third-order valence-corrected chi connectivity index (χ3v) is 5.82. The van der Waals surface area contributed by atoms with Crippen molar-refractivity contribution in [2.75, 3.05) is 13.2 Å². The smallest absolute Gasteiger partial charge is 0.194 e. The monoisotopic (exact) mass is 456 g/mol. The van der Waals surface area contributed by atoms with Crippen LogP contribution in [0.25, 0.3) is 5.70 Å². The molecule has 168 valence electrons. The Labute approximate surface area is 181 Å². The number of nitrogens with one attached hydrogen (secondary N) is 1. The molecule has 10 heteroatoms. The quantitative estimate of drug-likeness (QED) is 0.453. The molecule has 1 heterocycles. The summed E-state index contributed by atoms with van der Waals surface area (Å²) in [5.74, 6) is -3.63. The van der Waals surface area contributed by atoms with E-state index in [4.69, 9.17) is 15.2 Å². The van der Waals surface area contributed by atoms with Gasteiger partial charge in [-0.05, 0) is 17.7 Å². The van der Waals surface area contributed by atoms with Crippen LogP contribution in [-0.2, 0) is 15.2 Å². The summed E-state index contributed by atoms with van der Waals surface area (Å²) in [5.41, 5.74) is 6.34. The Bertz CT molecular complexity index is 880. The first kappa shape index (κ1) is 23.4. The molecule has 3 unspecified atom stereocenters. The van der Waals surface area contributed by atoms with Gasteiger partial charge >= 0.3 is 0 Å². The Balaban J connectivity index is 1.64. The van der Waals surface area contributed by atoms with Gasteiger partial charge in [-0.25, -0.2) is 13.2 Å². The summed E-state index contributed by atoms with van der Waals surface area (Å²) in [4.78, 5) is 0. The Kier molecular flexibility index (Phi) is 8.22. The molecule has 3 rings (SSSR count). The van der Waals surface area contributed by atoms with Gasteiger partial charge in [-0.15, -0.1) is 11.8 Å². The molecule has 1 saturated heterocycles. The van der Waals surface area contributed by atoms with E-state index < -0.39 is 48.0 Å². The van der Waals surface area contributed by atoms with Crippen LogP contribution in [0.2, 0.25) is 0 Å². The van der Waals surface area contributed by atoms with E-state index in [1.165, 1.54) is 18.0 Å². The van der Waals surface area contributed by atoms with Crippen molar-refractivity contribution < 1.29 is 32.9 Å². The van der Waals surface area contributed by atoms with Crippen LogP contribution in [-0.4, -0.2) is 47.3 Å². The highest BCUT2D eigenvalue weighted by atomic mass is 32.2. The number of hydrogen-bond donors (Lipinski definition) is 4. The first-order valence-corrected chi connectivity index (χ1v) is 10.5. The van der Waals surface area contributed by atoms with E-state index in [2.05, 4.69) is 5.32 Å². The number of aliphatic hydroxyl groups excluding tert-OH is 2. The van der Waals surface area contributed by atoms with Gasteiger partial charge < -0.3 is 30.7 Å². The molecular weight excluding hydrogens is 433 g/mol.